The van der Waals surface area contributed by atoms with Crippen LogP contribution in [0.2, 0.25) is 0 Å². The molecule has 3 rings (SSSR count). The highest BCUT2D eigenvalue weighted by molar-refractivity contribution is 7.80. The second-order valence-corrected chi connectivity index (χ2v) is 5.28. The molecule has 118 valence electrons. The van der Waals surface area contributed by atoms with Gasteiger partial charge in [0.15, 0.2) is 11.3 Å². The first-order chi connectivity index (χ1) is 11.0. The number of thiol groups is 1. The third-order valence-electron chi connectivity index (χ3n) is 3.39. The number of nitrogens with zero attached hydrogens (tertiary/aromatic N) is 4. The SMILES string of the molecule is NN1C(c2ccc([N+](=O)[O-])cc2)=NN(C(O)=C2C=CC=C2)C1S. The largest absolute Gasteiger partial charge is 0.493 e. The van der Waals surface area contributed by atoms with E-state index in [-0.39, 0.29) is 11.6 Å². The number of hydrogen-bond acceptors (Lipinski definition) is 8. The normalized spacial score (nSPS) is 19.5. The van der Waals surface area contributed by atoms with Gasteiger partial charge in [0.2, 0.25) is 5.88 Å². The highest BCUT2D eigenvalue weighted by Crippen LogP contribution is 2.27. The molecule has 0 amide bonds. The second-order valence-electron chi connectivity index (χ2n) is 4.82. The summed E-state index contributed by atoms with van der Waals surface area (Å²) in [6.45, 7) is 0. The first-order valence-electron chi connectivity index (χ1n) is 6.61. The minimum absolute atomic E-state index is 0.0265. The third-order valence-corrected chi connectivity index (χ3v) is 3.86. The highest BCUT2D eigenvalue weighted by atomic mass is 32.1. The molecule has 1 heterocycles. The molecule has 1 aliphatic carbocycles. The lowest BCUT2D eigenvalue weighted by Gasteiger charge is -2.23. The fourth-order valence-electron chi connectivity index (χ4n) is 2.18. The Bertz CT molecular complexity index is 755. The maximum atomic E-state index is 10.7. The van der Waals surface area contributed by atoms with E-state index in [2.05, 4.69) is 17.7 Å². The average Bonchev–Trinajstić information content (AvgIpc) is 3.17. The Labute approximate surface area is 137 Å². The van der Waals surface area contributed by atoms with Crippen LogP contribution in [0, 0.1) is 10.1 Å². The van der Waals surface area contributed by atoms with Crippen molar-refractivity contribution < 1.29 is 10.0 Å². The lowest BCUT2D eigenvalue weighted by atomic mass is 10.2. The number of non-ortho nitro benzene ring substituents is 1. The first-order valence-corrected chi connectivity index (χ1v) is 7.13. The number of allylic oxidation sites excluding steroid dienone is 5. The molecule has 1 aliphatic heterocycles. The van der Waals surface area contributed by atoms with Crippen LogP contribution >= 0.6 is 12.6 Å². The Hall–Kier alpha value is -2.78. The zero-order chi connectivity index (χ0) is 16.6. The second kappa shape index (κ2) is 5.78. The van der Waals surface area contributed by atoms with Gasteiger partial charge in [0, 0.05) is 23.3 Å². The summed E-state index contributed by atoms with van der Waals surface area (Å²) in [6, 6.07) is 5.81. The number of rotatable bonds is 3. The van der Waals surface area contributed by atoms with E-state index in [0.29, 0.717) is 17.0 Å². The molecule has 0 saturated carbocycles. The van der Waals surface area contributed by atoms with Gasteiger partial charge < -0.3 is 5.11 Å². The number of aliphatic hydroxyl groups excluding tert-OH is 1. The van der Waals surface area contributed by atoms with Crippen LogP contribution in [0.4, 0.5) is 5.69 Å². The van der Waals surface area contributed by atoms with E-state index in [1.165, 1.54) is 22.2 Å². The van der Waals surface area contributed by atoms with Crippen LogP contribution in [0.3, 0.4) is 0 Å². The summed E-state index contributed by atoms with van der Waals surface area (Å²) in [5.41, 5.74) is 0.442. The lowest BCUT2D eigenvalue weighted by molar-refractivity contribution is -0.384. The average molecular weight is 331 g/mol. The number of hydrazine groups is 1. The summed E-state index contributed by atoms with van der Waals surface area (Å²) in [7, 11) is 0. The first kappa shape index (κ1) is 15.1. The molecule has 1 aromatic carbocycles. The molecule has 1 unspecified atom stereocenters. The summed E-state index contributed by atoms with van der Waals surface area (Å²) in [5.74, 6) is 6.22. The van der Waals surface area contributed by atoms with Gasteiger partial charge in [-0.15, -0.1) is 17.7 Å². The number of nitrogens with two attached hydrogens (primary N) is 1. The van der Waals surface area contributed by atoms with E-state index in [4.69, 9.17) is 5.84 Å². The fourth-order valence-corrected chi connectivity index (χ4v) is 2.45. The van der Waals surface area contributed by atoms with Gasteiger partial charge in [-0.3, -0.25) is 15.1 Å². The van der Waals surface area contributed by atoms with Crippen molar-refractivity contribution in [2.24, 2.45) is 10.9 Å². The van der Waals surface area contributed by atoms with Crippen LogP contribution in [0.1, 0.15) is 5.56 Å². The number of nitro groups is 1. The van der Waals surface area contributed by atoms with Crippen molar-refractivity contribution in [3.8, 4) is 0 Å². The molecule has 0 fully saturated rings. The third kappa shape index (κ3) is 2.67. The molecule has 0 aromatic heterocycles. The molecule has 0 radical (unpaired) electrons. The van der Waals surface area contributed by atoms with Gasteiger partial charge in [0.25, 0.3) is 5.69 Å². The Morgan fingerprint density at radius 3 is 2.48 bits per heavy atom. The Balaban J connectivity index is 1.94. The number of aliphatic hydroxyl groups is 1. The molecule has 0 bridgehead atoms. The predicted octanol–water partition coefficient (Wildman–Crippen LogP) is 1.86. The van der Waals surface area contributed by atoms with E-state index in [9.17, 15) is 15.2 Å². The van der Waals surface area contributed by atoms with Crippen molar-refractivity contribution in [2.45, 2.75) is 5.50 Å². The molecule has 9 heteroatoms. The molecule has 0 saturated heterocycles. The molecule has 0 spiro atoms. The van der Waals surface area contributed by atoms with Crippen LogP contribution in [0.5, 0.6) is 0 Å². The van der Waals surface area contributed by atoms with Gasteiger partial charge in [-0.05, 0) is 24.3 Å². The number of hydrazone groups is 1. The lowest BCUT2D eigenvalue weighted by Crippen LogP contribution is -2.43. The Kier molecular flexibility index (Phi) is 3.80. The van der Waals surface area contributed by atoms with E-state index in [1.807, 2.05) is 0 Å². The minimum atomic E-state index is -0.699. The number of hydrogen-bond donors (Lipinski definition) is 3. The van der Waals surface area contributed by atoms with Gasteiger partial charge in [-0.1, -0.05) is 12.2 Å². The van der Waals surface area contributed by atoms with Gasteiger partial charge in [0.1, 0.15) is 0 Å². The molecule has 23 heavy (non-hydrogen) atoms. The molecule has 3 N–H and O–H groups in total. The van der Waals surface area contributed by atoms with Crippen LogP contribution < -0.4 is 5.84 Å². The van der Waals surface area contributed by atoms with Crippen LogP contribution in [-0.2, 0) is 0 Å². The van der Waals surface area contributed by atoms with E-state index < -0.39 is 10.4 Å². The minimum Gasteiger partial charge on any atom is -0.493 e. The van der Waals surface area contributed by atoms with Gasteiger partial charge in [0.05, 0.1) is 4.92 Å². The summed E-state index contributed by atoms with van der Waals surface area (Å²) < 4.78 is 0. The van der Waals surface area contributed by atoms with Crippen molar-refractivity contribution in [1.82, 2.24) is 10.0 Å². The van der Waals surface area contributed by atoms with Crippen LogP contribution in [0.25, 0.3) is 0 Å². The summed E-state index contributed by atoms with van der Waals surface area (Å²) in [6.07, 6.45) is 7.04. The summed E-state index contributed by atoms with van der Waals surface area (Å²) >= 11 is 4.34. The van der Waals surface area contributed by atoms with Crippen molar-refractivity contribution in [3.63, 3.8) is 0 Å². The molecule has 1 atom stereocenters. The van der Waals surface area contributed by atoms with Crippen molar-refractivity contribution in [3.05, 3.63) is 75.7 Å². The standard InChI is InChI=1S/C14H13N5O3S/c15-17-12(9-5-7-11(8-6-9)19(21)22)16-18(14(17)23)13(20)10-3-1-2-4-10/h1-8,14,20,23H,15H2. The topological polar surface area (TPSA) is 108 Å². The zero-order valence-electron chi connectivity index (χ0n) is 11.8. The van der Waals surface area contributed by atoms with Crippen LogP contribution in [-0.4, -0.2) is 31.4 Å². The fraction of sp³-hybridized carbons (Fsp3) is 0.0714. The Morgan fingerprint density at radius 2 is 1.91 bits per heavy atom. The molecule has 2 aliphatic rings. The van der Waals surface area contributed by atoms with Crippen molar-refractivity contribution in [1.29, 1.82) is 0 Å². The maximum absolute atomic E-state index is 10.7. The molecule has 1 aromatic rings. The molecular weight excluding hydrogens is 318 g/mol. The molecular formula is C14H13N5O3S. The van der Waals surface area contributed by atoms with Crippen molar-refractivity contribution >= 4 is 24.2 Å². The number of amidine groups is 1. The predicted molar refractivity (Wildman–Crippen MR) is 88.2 cm³/mol. The van der Waals surface area contributed by atoms with Crippen molar-refractivity contribution in [2.75, 3.05) is 0 Å². The Morgan fingerprint density at radius 1 is 1.30 bits per heavy atom. The summed E-state index contributed by atoms with van der Waals surface area (Å²) in [5, 5.41) is 27.8. The van der Waals surface area contributed by atoms with Gasteiger partial charge >= 0.3 is 0 Å². The van der Waals surface area contributed by atoms with Gasteiger partial charge in [-0.25, -0.2) is 5.84 Å². The summed E-state index contributed by atoms with van der Waals surface area (Å²) in [4.78, 5) is 10.2. The maximum Gasteiger partial charge on any atom is 0.269 e. The van der Waals surface area contributed by atoms with E-state index in [0.717, 1.165) is 0 Å². The van der Waals surface area contributed by atoms with E-state index >= 15 is 0 Å². The van der Waals surface area contributed by atoms with Gasteiger partial charge in [-0.2, -0.15) is 5.01 Å². The monoisotopic (exact) mass is 331 g/mol. The van der Waals surface area contributed by atoms with E-state index in [1.54, 1.807) is 36.4 Å². The number of benzene rings is 1. The molecule has 8 nitrogen and oxygen atoms in total. The zero-order valence-corrected chi connectivity index (χ0v) is 12.7. The smallest absolute Gasteiger partial charge is 0.269 e. The van der Waals surface area contributed by atoms with Crippen LogP contribution in [0.15, 0.2) is 65.1 Å². The highest BCUT2D eigenvalue weighted by Gasteiger charge is 2.33. The number of nitro benzene ring substituents is 1. The quantitative estimate of drug-likeness (QED) is 0.256.